The third kappa shape index (κ3) is 6.75. The zero-order valence-corrected chi connectivity index (χ0v) is 12.9. The van der Waals surface area contributed by atoms with Crippen molar-refractivity contribution in [3.8, 4) is 0 Å². The van der Waals surface area contributed by atoms with Gasteiger partial charge in [0, 0.05) is 6.04 Å². The van der Waals surface area contributed by atoms with Gasteiger partial charge in [-0.15, -0.1) is 0 Å². The van der Waals surface area contributed by atoms with Gasteiger partial charge >= 0.3 is 0 Å². The van der Waals surface area contributed by atoms with Gasteiger partial charge in [-0.3, -0.25) is 0 Å². The summed E-state index contributed by atoms with van der Waals surface area (Å²) in [6.45, 7) is 8.22. The molecule has 108 valence electrons. The zero-order valence-electron chi connectivity index (χ0n) is 12.9. The summed E-state index contributed by atoms with van der Waals surface area (Å²) in [6.07, 6.45) is 11.3. The lowest BCUT2D eigenvalue weighted by atomic mass is 9.86. The normalized spacial score (nSPS) is 24.7. The van der Waals surface area contributed by atoms with Crippen molar-refractivity contribution in [1.82, 2.24) is 10.2 Å². The molecule has 2 nitrogen and oxygen atoms in total. The standard InChI is InChI=1S/C16H34N2/c1-4-17-12-7-5-6-8-13-18(3)16-11-9-10-15(2)14-16/h15-17H,4-14H2,1-3H3. The molecule has 1 saturated carbocycles. The number of nitrogens with zero attached hydrogens (tertiary/aromatic N) is 1. The van der Waals surface area contributed by atoms with Crippen molar-refractivity contribution in [2.45, 2.75) is 71.3 Å². The van der Waals surface area contributed by atoms with Gasteiger partial charge in [-0.05, 0) is 58.3 Å². The van der Waals surface area contributed by atoms with Crippen molar-refractivity contribution in [1.29, 1.82) is 0 Å². The van der Waals surface area contributed by atoms with E-state index in [0.717, 1.165) is 18.5 Å². The highest BCUT2D eigenvalue weighted by atomic mass is 15.1. The summed E-state index contributed by atoms with van der Waals surface area (Å²) in [6, 6.07) is 0.871. The van der Waals surface area contributed by atoms with Gasteiger partial charge in [0.15, 0.2) is 0 Å². The second-order valence-electron chi connectivity index (χ2n) is 6.17. The number of unbranched alkanes of at least 4 members (excludes halogenated alkanes) is 3. The van der Waals surface area contributed by atoms with Gasteiger partial charge in [-0.2, -0.15) is 0 Å². The molecule has 1 N–H and O–H groups in total. The molecule has 0 heterocycles. The zero-order chi connectivity index (χ0) is 13.2. The Balaban J connectivity index is 1.97. The van der Waals surface area contributed by atoms with Crippen LogP contribution in [-0.2, 0) is 0 Å². The van der Waals surface area contributed by atoms with Crippen LogP contribution in [0.4, 0.5) is 0 Å². The van der Waals surface area contributed by atoms with Gasteiger partial charge < -0.3 is 10.2 Å². The predicted octanol–water partition coefficient (Wildman–Crippen LogP) is 3.67. The van der Waals surface area contributed by atoms with Crippen molar-refractivity contribution >= 4 is 0 Å². The van der Waals surface area contributed by atoms with Gasteiger partial charge in [-0.25, -0.2) is 0 Å². The summed E-state index contributed by atoms with van der Waals surface area (Å²) in [7, 11) is 2.33. The van der Waals surface area contributed by atoms with Crippen LogP contribution in [0.15, 0.2) is 0 Å². The summed E-state index contributed by atoms with van der Waals surface area (Å²) < 4.78 is 0. The topological polar surface area (TPSA) is 15.3 Å². The van der Waals surface area contributed by atoms with Gasteiger partial charge in [-0.1, -0.05) is 39.5 Å². The van der Waals surface area contributed by atoms with E-state index in [0.29, 0.717) is 0 Å². The number of hydrogen-bond donors (Lipinski definition) is 1. The van der Waals surface area contributed by atoms with Crippen molar-refractivity contribution in [3.05, 3.63) is 0 Å². The molecule has 2 atom stereocenters. The average Bonchev–Trinajstić information content (AvgIpc) is 2.37. The van der Waals surface area contributed by atoms with Crippen molar-refractivity contribution in [2.24, 2.45) is 5.92 Å². The first kappa shape index (κ1) is 16.0. The monoisotopic (exact) mass is 254 g/mol. The molecule has 0 aromatic carbocycles. The summed E-state index contributed by atoms with van der Waals surface area (Å²) in [5.74, 6) is 0.950. The van der Waals surface area contributed by atoms with E-state index in [1.165, 1.54) is 64.5 Å². The van der Waals surface area contributed by atoms with Crippen LogP contribution in [0, 0.1) is 5.92 Å². The fraction of sp³-hybridized carbons (Fsp3) is 1.00. The summed E-state index contributed by atoms with van der Waals surface area (Å²) in [5.41, 5.74) is 0. The molecule has 1 aliphatic rings. The van der Waals surface area contributed by atoms with E-state index in [9.17, 15) is 0 Å². The van der Waals surface area contributed by atoms with Gasteiger partial charge in [0.25, 0.3) is 0 Å². The molecule has 1 aliphatic carbocycles. The number of hydrogen-bond acceptors (Lipinski definition) is 2. The minimum absolute atomic E-state index is 0.871. The third-order valence-electron chi connectivity index (χ3n) is 4.40. The molecule has 2 unspecified atom stereocenters. The van der Waals surface area contributed by atoms with Crippen LogP contribution < -0.4 is 5.32 Å². The van der Waals surface area contributed by atoms with E-state index in [-0.39, 0.29) is 0 Å². The van der Waals surface area contributed by atoms with Crippen LogP contribution in [0.5, 0.6) is 0 Å². The van der Waals surface area contributed by atoms with E-state index < -0.39 is 0 Å². The molecule has 2 heteroatoms. The Hall–Kier alpha value is -0.0800. The minimum Gasteiger partial charge on any atom is -0.317 e. The van der Waals surface area contributed by atoms with Crippen LogP contribution in [0.25, 0.3) is 0 Å². The predicted molar refractivity (Wildman–Crippen MR) is 81.1 cm³/mol. The SMILES string of the molecule is CCNCCCCCCN(C)C1CCCC(C)C1. The quantitative estimate of drug-likeness (QED) is 0.632. The Morgan fingerprint density at radius 2 is 1.89 bits per heavy atom. The Morgan fingerprint density at radius 3 is 2.61 bits per heavy atom. The first-order valence-electron chi connectivity index (χ1n) is 8.15. The lowest BCUT2D eigenvalue weighted by Crippen LogP contribution is -2.36. The van der Waals surface area contributed by atoms with Gasteiger partial charge in [0.1, 0.15) is 0 Å². The van der Waals surface area contributed by atoms with Crippen molar-refractivity contribution in [2.75, 3.05) is 26.7 Å². The average molecular weight is 254 g/mol. The Bertz CT molecular complexity index is 194. The number of rotatable bonds is 9. The fourth-order valence-corrected chi connectivity index (χ4v) is 3.13. The highest BCUT2D eigenvalue weighted by Gasteiger charge is 2.21. The molecule has 0 saturated heterocycles. The Morgan fingerprint density at radius 1 is 1.11 bits per heavy atom. The molecular formula is C16H34N2. The summed E-state index contributed by atoms with van der Waals surface area (Å²) in [5, 5.41) is 3.39. The van der Waals surface area contributed by atoms with Gasteiger partial charge in [0.2, 0.25) is 0 Å². The smallest absolute Gasteiger partial charge is 0.00947 e. The van der Waals surface area contributed by atoms with E-state index in [2.05, 4.69) is 31.1 Å². The largest absolute Gasteiger partial charge is 0.317 e. The molecule has 0 aromatic rings. The Kier molecular flexibility index (Phi) is 8.70. The van der Waals surface area contributed by atoms with E-state index in [1.807, 2.05) is 0 Å². The maximum absolute atomic E-state index is 3.39. The van der Waals surface area contributed by atoms with Crippen molar-refractivity contribution in [3.63, 3.8) is 0 Å². The highest BCUT2D eigenvalue weighted by molar-refractivity contribution is 4.76. The fourth-order valence-electron chi connectivity index (χ4n) is 3.13. The third-order valence-corrected chi connectivity index (χ3v) is 4.40. The second-order valence-corrected chi connectivity index (χ2v) is 6.17. The van der Waals surface area contributed by atoms with Crippen LogP contribution in [-0.4, -0.2) is 37.6 Å². The van der Waals surface area contributed by atoms with E-state index >= 15 is 0 Å². The molecule has 18 heavy (non-hydrogen) atoms. The molecule has 1 fully saturated rings. The minimum atomic E-state index is 0.871. The Labute approximate surface area is 115 Å². The molecule has 1 rings (SSSR count). The second kappa shape index (κ2) is 9.80. The summed E-state index contributed by atoms with van der Waals surface area (Å²) >= 11 is 0. The van der Waals surface area contributed by atoms with E-state index in [1.54, 1.807) is 0 Å². The van der Waals surface area contributed by atoms with Crippen LogP contribution in [0.1, 0.15) is 65.2 Å². The van der Waals surface area contributed by atoms with Gasteiger partial charge in [0.05, 0.1) is 0 Å². The first-order chi connectivity index (χ1) is 8.74. The van der Waals surface area contributed by atoms with E-state index in [4.69, 9.17) is 0 Å². The maximum atomic E-state index is 3.39. The number of nitrogens with one attached hydrogen (secondary N) is 1. The molecule has 0 spiro atoms. The molecule has 0 radical (unpaired) electrons. The molecular weight excluding hydrogens is 220 g/mol. The summed E-state index contributed by atoms with van der Waals surface area (Å²) in [4.78, 5) is 2.62. The van der Waals surface area contributed by atoms with Crippen molar-refractivity contribution < 1.29 is 0 Å². The van der Waals surface area contributed by atoms with Crippen LogP contribution in [0.2, 0.25) is 0 Å². The van der Waals surface area contributed by atoms with Crippen LogP contribution in [0.3, 0.4) is 0 Å². The molecule has 0 amide bonds. The lowest BCUT2D eigenvalue weighted by molar-refractivity contribution is 0.161. The lowest BCUT2D eigenvalue weighted by Gasteiger charge is -2.34. The highest BCUT2D eigenvalue weighted by Crippen LogP contribution is 2.26. The maximum Gasteiger partial charge on any atom is 0.00947 e. The molecule has 0 bridgehead atoms. The van der Waals surface area contributed by atoms with Crippen LogP contribution >= 0.6 is 0 Å². The first-order valence-corrected chi connectivity index (χ1v) is 8.15. The molecule has 0 aromatic heterocycles. The molecule has 0 aliphatic heterocycles.